The maximum absolute atomic E-state index is 5.76. The van der Waals surface area contributed by atoms with Gasteiger partial charge in [-0.05, 0) is 27.4 Å². The molecule has 0 amide bonds. The first-order valence-electron chi connectivity index (χ1n) is 5.74. The van der Waals surface area contributed by atoms with Crippen molar-refractivity contribution in [2.75, 3.05) is 27.2 Å². The molecular formula is C12H18N4O. The zero-order chi connectivity index (χ0) is 12.3. The summed E-state index contributed by atoms with van der Waals surface area (Å²) in [7, 11) is 4.13. The Bertz CT molecular complexity index is 492. The summed E-state index contributed by atoms with van der Waals surface area (Å²) in [6, 6.07) is 0. The molecule has 5 nitrogen and oxygen atoms in total. The van der Waals surface area contributed by atoms with Gasteiger partial charge in [0.1, 0.15) is 12.1 Å². The lowest BCUT2D eigenvalue weighted by atomic mass is 10.3. The van der Waals surface area contributed by atoms with E-state index in [0.29, 0.717) is 0 Å². The van der Waals surface area contributed by atoms with E-state index in [1.165, 1.54) is 6.33 Å². The molecule has 0 aliphatic carbocycles. The van der Waals surface area contributed by atoms with Gasteiger partial charge in [-0.2, -0.15) is 5.10 Å². The van der Waals surface area contributed by atoms with E-state index in [1.54, 1.807) is 10.7 Å². The highest BCUT2D eigenvalue weighted by Crippen LogP contribution is 2.23. The molecule has 92 valence electrons. The summed E-state index contributed by atoms with van der Waals surface area (Å²) in [4.78, 5) is 6.16. The smallest absolute Gasteiger partial charge is 0.142 e. The van der Waals surface area contributed by atoms with E-state index in [2.05, 4.69) is 29.1 Å². The molecule has 0 N–H and O–H groups in total. The zero-order valence-corrected chi connectivity index (χ0v) is 10.6. The molecule has 2 heterocycles. The van der Waals surface area contributed by atoms with Crippen LogP contribution >= 0.6 is 0 Å². The van der Waals surface area contributed by atoms with Crippen LogP contribution in [-0.4, -0.2) is 46.7 Å². The molecule has 0 fully saturated rings. The first kappa shape index (κ1) is 11.9. The van der Waals surface area contributed by atoms with E-state index in [9.17, 15) is 0 Å². The highest BCUT2D eigenvalue weighted by molar-refractivity contribution is 5.58. The van der Waals surface area contributed by atoms with Crippen LogP contribution in [0.4, 0.5) is 0 Å². The minimum absolute atomic E-state index is 0.726. The van der Waals surface area contributed by atoms with Crippen LogP contribution < -0.4 is 4.74 Å². The molecule has 17 heavy (non-hydrogen) atoms. The number of fused-ring (bicyclic) bond motifs is 1. The summed E-state index contributed by atoms with van der Waals surface area (Å²) in [5.41, 5.74) is 2.09. The summed E-state index contributed by atoms with van der Waals surface area (Å²) in [6.07, 6.45) is 6.25. The van der Waals surface area contributed by atoms with E-state index < -0.39 is 0 Å². The van der Waals surface area contributed by atoms with Crippen LogP contribution in [0.15, 0.2) is 18.7 Å². The molecule has 0 radical (unpaired) electrons. The fourth-order valence-electron chi connectivity index (χ4n) is 1.72. The summed E-state index contributed by atoms with van der Waals surface area (Å²) in [5.74, 6) is 0.893. The predicted octanol–water partition coefficient (Wildman–Crippen LogP) is 1.37. The third kappa shape index (κ3) is 2.74. The number of aryl methyl sites for hydroxylation is 1. The van der Waals surface area contributed by atoms with Crippen LogP contribution in [0.25, 0.3) is 5.52 Å². The Morgan fingerprint density at radius 3 is 2.94 bits per heavy atom. The van der Waals surface area contributed by atoms with E-state index >= 15 is 0 Å². The Balaban J connectivity index is 2.01. The molecule has 0 unspecified atom stereocenters. The fourth-order valence-corrected chi connectivity index (χ4v) is 1.72. The minimum atomic E-state index is 0.726. The first-order chi connectivity index (χ1) is 8.18. The molecule has 0 aromatic carbocycles. The highest BCUT2D eigenvalue weighted by atomic mass is 16.5. The molecular weight excluding hydrogens is 216 g/mol. The molecule has 0 bridgehead atoms. The molecule has 0 aliphatic heterocycles. The van der Waals surface area contributed by atoms with Gasteiger partial charge >= 0.3 is 0 Å². The van der Waals surface area contributed by atoms with Crippen LogP contribution in [0.3, 0.4) is 0 Å². The minimum Gasteiger partial charge on any atom is -0.492 e. The van der Waals surface area contributed by atoms with Gasteiger partial charge in [-0.3, -0.25) is 0 Å². The molecule has 2 rings (SSSR count). The van der Waals surface area contributed by atoms with Crippen molar-refractivity contribution in [2.24, 2.45) is 0 Å². The Morgan fingerprint density at radius 1 is 1.41 bits per heavy atom. The monoisotopic (exact) mass is 234 g/mol. The van der Waals surface area contributed by atoms with Crippen LogP contribution in [0.5, 0.6) is 5.75 Å². The van der Waals surface area contributed by atoms with E-state index in [-0.39, 0.29) is 0 Å². The molecule has 5 heteroatoms. The summed E-state index contributed by atoms with van der Waals surface area (Å²) >= 11 is 0. The number of ether oxygens (including phenoxy) is 1. The SMILES string of the molecule is Cc1c(OCCCN(C)C)cn2ncncc12. The molecule has 2 aromatic rings. The average Bonchev–Trinajstić information content (AvgIpc) is 2.63. The van der Waals surface area contributed by atoms with Gasteiger partial charge in [0.15, 0.2) is 0 Å². The standard InChI is InChI=1S/C12H18N4O/c1-10-11-7-13-9-14-16(11)8-12(10)17-6-4-5-15(2)3/h7-9H,4-6H2,1-3H3. The number of hydrogen-bond acceptors (Lipinski definition) is 4. The van der Waals surface area contributed by atoms with Crippen molar-refractivity contribution in [3.8, 4) is 5.75 Å². The largest absolute Gasteiger partial charge is 0.492 e. The lowest BCUT2D eigenvalue weighted by Crippen LogP contribution is -2.15. The summed E-state index contributed by atoms with van der Waals surface area (Å²) < 4.78 is 7.55. The zero-order valence-electron chi connectivity index (χ0n) is 10.6. The van der Waals surface area contributed by atoms with Crippen LogP contribution in [0, 0.1) is 6.92 Å². The van der Waals surface area contributed by atoms with E-state index in [0.717, 1.165) is 36.4 Å². The lowest BCUT2D eigenvalue weighted by Gasteiger charge is -2.09. The topological polar surface area (TPSA) is 42.7 Å². The normalized spacial score (nSPS) is 11.3. The van der Waals surface area contributed by atoms with E-state index in [1.807, 2.05) is 13.1 Å². The van der Waals surface area contributed by atoms with Crippen molar-refractivity contribution in [1.29, 1.82) is 0 Å². The Morgan fingerprint density at radius 2 is 2.24 bits per heavy atom. The van der Waals surface area contributed by atoms with Crippen molar-refractivity contribution in [1.82, 2.24) is 19.5 Å². The van der Waals surface area contributed by atoms with Crippen LogP contribution in [0.1, 0.15) is 12.0 Å². The Hall–Kier alpha value is -1.62. The number of hydrogen-bond donors (Lipinski definition) is 0. The van der Waals surface area contributed by atoms with Crippen LogP contribution in [-0.2, 0) is 0 Å². The van der Waals surface area contributed by atoms with Gasteiger partial charge in [-0.15, -0.1) is 0 Å². The Kier molecular flexibility index (Phi) is 3.58. The fraction of sp³-hybridized carbons (Fsp3) is 0.500. The second kappa shape index (κ2) is 5.14. The molecule has 0 saturated heterocycles. The van der Waals surface area contributed by atoms with Crippen molar-refractivity contribution in [3.63, 3.8) is 0 Å². The average molecular weight is 234 g/mol. The highest BCUT2D eigenvalue weighted by Gasteiger charge is 2.07. The Labute approximate surface area is 101 Å². The molecule has 0 aliphatic rings. The van der Waals surface area contributed by atoms with Gasteiger partial charge in [0.25, 0.3) is 0 Å². The summed E-state index contributed by atoms with van der Waals surface area (Å²) in [6.45, 7) is 3.79. The lowest BCUT2D eigenvalue weighted by molar-refractivity contribution is 0.280. The number of aromatic nitrogens is 3. The van der Waals surface area contributed by atoms with Gasteiger partial charge < -0.3 is 9.64 Å². The first-order valence-corrected chi connectivity index (χ1v) is 5.74. The van der Waals surface area contributed by atoms with Crippen LogP contribution in [0.2, 0.25) is 0 Å². The van der Waals surface area contributed by atoms with Gasteiger partial charge in [-0.1, -0.05) is 0 Å². The quantitative estimate of drug-likeness (QED) is 0.733. The number of nitrogens with zero attached hydrogens (tertiary/aromatic N) is 4. The maximum atomic E-state index is 5.76. The van der Waals surface area contributed by atoms with Crippen molar-refractivity contribution >= 4 is 5.52 Å². The second-order valence-electron chi connectivity index (χ2n) is 4.36. The molecule has 0 saturated carbocycles. The molecule has 2 aromatic heterocycles. The van der Waals surface area contributed by atoms with Gasteiger partial charge in [0.05, 0.1) is 24.5 Å². The molecule has 0 spiro atoms. The van der Waals surface area contributed by atoms with Crippen molar-refractivity contribution < 1.29 is 4.74 Å². The number of rotatable bonds is 5. The third-order valence-electron chi connectivity index (χ3n) is 2.69. The molecule has 0 atom stereocenters. The third-order valence-corrected chi connectivity index (χ3v) is 2.69. The van der Waals surface area contributed by atoms with Gasteiger partial charge in [0, 0.05) is 12.1 Å². The van der Waals surface area contributed by atoms with Crippen molar-refractivity contribution in [2.45, 2.75) is 13.3 Å². The second-order valence-corrected chi connectivity index (χ2v) is 4.36. The maximum Gasteiger partial charge on any atom is 0.142 e. The van der Waals surface area contributed by atoms with Gasteiger partial charge in [0.2, 0.25) is 0 Å². The van der Waals surface area contributed by atoms with Crippen molar-refractivity contribution in [3.05, 3.63) is 24.3 Å². The predicted molar refractivity (Wildman–Crippen MR) is 66.4 cm³/mol. The van der Waals surface area contributed by atoms with E-state index in [4.69, 9.17) is 4.74 Å². The summed E-state index contributed by atoms with van der Waals surface area (Å²) in [5, 5.41) is 4.14. The van der Waals surface area contributed by atoms with Gasteiger partial charge in [-0.25, -0.2) is 9.50 Å².